The van der Waals surface area contributed by atoms with Crippen molar-refractivity contribution in [3.05, 3.63) is 74.5 Å². The molecule has 3 aromatic rings. The predicted octanol–water partition coefficient (Wildman–Crippen LogP) is 3.62. The fourth-order valence-electron chi connectivity index (χ4n) is 3.03. The molecule has 2 heterocycles. The third kappa shape index (κ3) is 5.27. The van der Waals surface area contributed by atoms with Crippen LogP contribution >= 0.6 is 11.3 Å². The number of rotatable bonds is 8. The standard InChI is InChI=1S/C23H26N4O3S/c1-4-15(3)27-12-17(22(29)24-5-2)21(28)18(13-27)23(30)25-11-20-26-19(14-31-20)16-9-7-6-8-10-16/h6-10,12-15H,4-5,11H2,1-3H3,(H,24,29)(H,25,30)/t15-/m0/s1. The maximum Gasteiger partial charge on any atom is 0.257 e. The van der Waals surface area contributed by atoms with Gasteiger partial charge in [-0.05, 0) is 20.3 Å². The number of nitrogens with one attached hydrogen (secondary N) is 2. The van der Waals surface area contributed by atoms with Crippen molar-refractivity contribution in [2.45, 2.75) is 39.8 Å². The van der Waals surface area contributed by atoms with Crippen LogP contribution < -0.4 is 16.1 Å². The average Bonchev–Trinajstić information content (AvgIpc) is 3.27. The molecule has 8 heteroatoms. The van der Waals surface area contributed by atoms with Gasteiger partial charge in [-0.25, -0.2) is 4.98 Å². The minimum atomic E-state index is -0.577. The first-order chi connectivity index (χ1) is 14.9. The highest BCUT2D eigenvalue weighted by atomic mass is 32.1. The molecule has 0 radical (unpaired) electrons. The van der Waals surface area contributed by atoms with Gasteiger partial charge in [-0.15, -0.1) is 11.3 Å². The molecule has 0 saturated heterocycles. The zero-order valence-electron chi connectivity index (χ0n) is 17.8. The highest BCUT2D eigenvalue weighted by Crippen LogP contribution is 2.21. The molecule has 0 aliphatic rings. The molecule has 31 heavy (non-hydrogen) atoms. The molecule has 0 bridgehead atoms. The van der Waals surface area contributed by atoms with E-state index in [9.17, 15) is 14.4 Å². The predicted molar refractivity (Wildman–Crippen MR) is 122 cm³/mol. The fraction of sp³-hybridized carbons (Fsp3) is 0.304. The summed E-state index contributed by atoms with van der Waals surface area (Å²) in [6.45, 7) is 6.34. The van der Waals surface area contributed by atoms with Crippen LogP contribution in [0.4, 0.5) is 0 Å². The molecule has 2 amide bonds. The third-order valence-corrected chi connectivity index (χ3v) is 5.84. The smallest absolute Gasteiger partial charge is 0.257 e. The summed E-state index contributed by atoms with van der Waals surface area (Å²) in [6.07, 6.45) is 3.83. The highest BCUT2D eigenvalue weighted by Gasteiger charge is 2.20. The molecule has 1 atom stereocenters. The van der Waals surface area contributed by atoms with E-state index in [0.29, 0.717) is 6.54 Å². The van der Waals surface area contributed by atoms with Gasteiger partial charge in [0, 0.05) is 35.9 Å². The lowest BCUT2D eigenvalue weighted by atomic mass is 10.1. The Kier molecular flexibility index (Phi) is 7.36. The van der Waals surface area contributed by atoms with E-state index in [0.717, 1.165) is 22.7 Å². The van der Waals surface area contributed by atoms with Crippen LogP contribution in [0.5, 0.6) is 0 Å². The summed E-state index contributed by atoms with van der Waals surface area (Å²) in [5.41, 5.74) is 1.18. The van der Waals surface area contributed by atoms with Crippen molar-refractivity contribution < 1.29 is 9.59 Å². The van der Waals surface area contributed by atoms with Gasteiger partial charge in [0.2, 0.25) is 5.43 Å². The van der Waals surface area contributed by atoms with Gasteiger partial charge in [0.15, 0.2) is 0 Å². The zero-order valence-corrected chi connectivity index (χ0v) is 18.7. The van der Waals surface area contributed by atoms with E-state index < -0.39 is 17.2 Å². The second kappa shape index (κ2) is 10.2. The van der Waals surface area contributed by atoms with E-state index in [1.807, 2.05) is 49.6 Å². The van der Waals surface area contributed by atoms with Crippen molar-refractivity contribution in [2.75, 3.05) is 6.54 Å². The number of nitrogens with zero attached hydrogens (tertiary/aromatic N) is 2. The second-order valence-electron chi connectivity index (χ2n) is 7.15. The first kappa shape index (κ1) is 22.4. The number of thiazole rings is 1. The maximum absolute atomic E-state index is 12.8. The molecule has 0 aliphatic carbocycles. The van der Waals surface area contributed by atoms with Crippen molar-refractivity contribution in [3.8, 4) is 11.3 Å². The van der Waals surface area contributed by atoms with Gasteiger partial charge < -0.3 is 15.2 Å². The quantitative estimate of drug-likeness (QED) is 0.562. The van der Waals surface area contributed by atoms with Crippen LogP contribution in [-0.2, 0) is 6.54 Å². The van der Waals surface area contributed by atoms with Crippen molar-refractivity contribution in [3.63, 3.8) is 0 Å². The van der Waals surface area contributed by atoms with Gasteiger partial charge in [-0.1, -0.05) is 37.3 Å². The van der Waals surface area contributed by atoms with Gasteiger partial charge in [0.1, 0.15) is 16.1 Å². The molecule has 0 saturated carbocycles. The molecule has 2 aromatic heterocycles. The largest absolute Gasteiger partial charge is 0.352 e. The van der Waals surface area contributed by atoms with Crippen LogP contribution in [-0.4, -0.2) is 27.9 Å². The first-order valence-electron chi connectivity index (χ1n) is 10.3. The van der Waals surface area contributed by atoms with Crippen molar-refractivity contribution in [1.29, 1.82) is 0 Å². The summed E-state index contributed by atoms with van der Waals surface area (Å²) in [5, 5.41) is 8.07. The van der Waals surface area contributed by atoms with Gasteiger partial charge in [-0.2, -0.15) is 0 Å². The maximum atomic E-state index is 12.8. The summed E-state index contributed by atoms with van der Waals surface area (Å²) in [4.78, 5) is 42.6. The van der Waals surface area contributed by atoms with Gasteiger partial charge in [0.05, 0.1) is 12.2 Å². The van der Waals surface area contributed by atoms with E-state index >= 15 is 0 Å². The average molecular weight is 439 g/mol. The lowest BCUT2D eigenvalue weighted by Crippen LogP contribution is -2.35. The Balaban J connectivity index is 1.82. The number of hydrogen-bond acceptors (Lipinski definition) is 5. The molecule has 7 nitrogen and oxygen atoms in total. The van der Waals surface area contributed by atoms with Crippen LogP contribution in [0.15, 0.2) is 52.9 Å². The topological polar surface area (TPSA) is 93.1 Å². The monoisotopic (exact) mass is 438 g/mol. The number of carbonyl (C=O) groups excluding carboxylic acids is 2. The Morgan fingerprint density at radius 2 is 1.71 bits per heavy atom. The first-order valence-corrected chi connectivity index (χ1v) is 11.1. The Bertz CT molecular complexity index is 1120. The molecule has 162 valence electrons. The van der Waals surface area contributed by atoms with Crippen LogP contribution in [0.25, 0.3) is 11.3 Å². The number of pyridine rings is 1. The molecule has 0 unspecified atom stereocenters. The summed E-state index contributed by atoms with van der Waals surface area (Å²) in [6, 6.07) is 9.81. The molecule has 0 fully saturated rings. The van der Waals surface area contributed by atoms with E-state index in [1.54, 1.807) is 11.5 Å². The fourth-order valence-corrected chi connectivity index (χ4v) is 3.77. The summed E-state index contributed by atoms with van der Waals surface area (Å²) in [7, 11) is 0. The van der Waals surface area contributed by atoms with E-state index in [2.05, 4.69) is 15.6 Å². The van der Waals surface area contributed by atoms with Crippen molar-refractivity contribution in [1.82, 2.24) is 20.2 Å². The van der Waals surface area contributed by atoms with Crippen LogP contribution in [0, 0.1) is 0 Å². The van der Waals surface area contributed by atoms with E-state index in [-0.39, 0.29) is 23.7 Å². The number of amides is 2. The third-order valence-electron chi connectivity index (χ3n) is 4.99. The van der Waals surface area contributed by atoms with Crippen LogP contribution in [0.2, 0.25) is 0 Å². The molecular weight excluding hydrogens is 412 g/mol. The zero-order chi connectivity index (χ0) is 22.4. The highest BCUT2D eigenvalue weighted by molar-refractivity contribution is 7.09. The molecule has 0 aliphatic heterocycles. The molecule has 3 rings (SSSR count). The van der Waals surface area contributed by atoms with Crippen molar-refractivity contribution >= 4 is 23.2 Å². The number of aromatic nitrogens is 2. The minimum Gasteiger partial charge on any atom is -0.352 e. The van der Waals surface area contributed by atoms with E-state index in [1.165, 1.54) is 23.7 Å². The van der Waals surface area contributed by atoms with E-state index in [4.69, 9.17) is 0 Å². The molecular formula is C23H26N4O3S. The normalized spacial score (nSPS) is 11.7. The summed E-state index contributed by atoms with van der Waals surface area (Å²) < 4.78 is 1.75. The summed E-state index contributed by atoms with van der Waals surface area (Å²) >= 11 is 1.44. The number of carbonyl (C=O) groups is 2. The Hall–Kier alpha value is -3.26. The van der Waals surface area contributed by atoms with Crippen LogP contribution in [0.1, 0.15) is 59.0 Å². The number of hydrogen-bond donors (Lipinski definition) is 2. The minimum absolute atomic E-state index is 0.0320. The Morgan fingerprint density at radius 1 is 1.06 bits per heavy atom. The summed E-state index contributed by atoms with van der Waals surface area (Å²) in [5.74, 6) is -1.00. The molecule has 0 spiro atoms. The SMILES string of the molecule is CCNC(=O)c1cn([C@@H](C)CC)cc(C(=O)NCc2nc(-c3ccccc3)cs2)c1=O. The second-order valence-corrected chi connectivity index (χ2v) is 8.10. The van der Waals surface area contributed by atoms with Gasteiger partial charge in [-0.3, -0.25) is 14.4 Å². The number of benzene rings is 1. The van der Waals surface area contributed by atoms with Gasteiger partial charge in [0.25, 0.3) is 11.8 Å². The lowest BCUT2D eigenvalue weighted by molar-refractivity contribution is 0.0948. The molecule has 2 N–H and O–H groups in total. The van der Waals surface area contributed by atoms with Crippen molar-refractivity contribution in [2.24, 2.45) is 0 Å². The Morgan fingerprint density at radius 3 is 2.32 bits per heavy atom. The lowest BCUT2D eigenvalue weighted by Gasteiger charge is -2.17. The van der Waals surface area contributed by atoms with Crippen LogP contribution in [0.3, 0.4) is 0 Å². The van der Waals surface area contributed by atoms with Gasteiger partial charge >= 0.3 is 0 Å². The Labute approximate surface area is 185 Å². The molecule has 1 aromatic carbocycles.